The zero-order valence-electron chi connectivity index (χ0n) is 9.06. The third-order valence-corrected chi connectivity index (χ3v) is 2.48. The maximum Gasteiger partial charge on any atom is 0.175 e. The lowest BCUT2D eigenvalue weighted by molar-refractivity contribution is 0.814. The van der Waals surface area contributed by atoms with Crippen molar-refractivity contribution in [1.29, 1.82) is 0 Å². The van der Waals surface area contributed by atoms with Crippen LogP contribution in [0.4, 0.5) is 0 Å². The van der Waals surface area contributed by atoms with Gasteiger partial charge in [-0.05, 0) is 17.7 Å². The summed E-state index contributed by atoms with van der Waals surface area (Å²) in [5.41, 5.74) is 2.21. The molecular formula is C13H10N4. The maximum absolute atomic E-state index is 4.28. The number of hydrogen-bond donors (Lipinski definition) is 0. The summed E-state index contributed by atoms with van der Waals surface area (Å²) in [5.74, 6) is 0.717. The van der Waals surface area contributed by atoms with Crippen molar-refractivity contribution in [3.8, 4) is 16.9 Å². The van der Waals surface area contributed by atoms with Gasteiger partial charge in [0.25, 0.3) is 0 Å². The van der Waals surface area contributed by atoms with Gasteiger partial charge < -0.3 is 0 Å². The number of hydrogen-bond acceptors (Lipinski definition) is 3. The molecule has 0 saturated carbocycles. The van der Waals surface area contributed by atoms with Gasteiger partial charge in [0.15, 0.2) is 5.82 Å². The molecular weight excluding hydrogens is 212 g/mol. The normalized spacial score (nSPS) is 10.4. The highest BCUT2D eigenvalue weighted by Crippen LogP contribution is 2.18. The van der Waals surface area contributed by atoms with Crippen molar-refractivity contribution in [2.75, 3.05) is 0 Å². The van der Waals surface area contributed by atoms with E-state index in [-0.39, 0.29) is 0 Å². The lowest BCUT2D eigenvalue weighted by Crippen LogP contribution is -1.97. The molecule has 0 aliphatic carbocycles. The van der Waals surface area contributed by atoms with Crippen molar-refractivity contribution in [2.45, 2.75) is 0 Å². The van der Waals surface area contributed by atoms with E-state index in [4.69, 9.17) is 0 Å². The summed E-state index contributed by atoms with van der Waals surface area (Å²) in [6.07, 6.45) is 5.41. The van der Waals surface area contributed by atoms with Crippen molar-refractivity contribution in [3.05, 3.63) is 61.1 Å². The molecule has 1 aromatic carbocycles. The van der Waals surface area contributed by atoms with Crippen LogP contribution >= 0.6 is 0 Å². The monoisotopic (exact) mass is 222 g/mol. The molecule has 0 aliphatic heterocycles. The van der Waals surface area contributed by atoms with Crippen LogP contribution in [0.25, 0.3) is 16.9 Å². The first-order valence-corrected chi connectivity index (χ1v) is 5.32. The standard InChI is InChI=1S/C13H10N4/c1-2-5-11(6-3-1)12-9-15-17(10-12)13-7-4-8-14-16-13/h1-10H. The molecule has 0 radical (unpaired) electrons. The molecule has 4 nitrogen and oxygen atoms in total. The average Bonchev–Trinajstić information content (AvgIpc) is 2.90. The Morgan fingerprint density at radius 3 is 2.53 bits per heavy atom. The summed E-state index contributed by atoms with van der Waals surface area (Å²) in [4.78, 5) is 0. The first-order chi connectivity index (χ1) is 8.43. The number of aromatic nitrogens is 4. The Labute approximate surface area is 98.6 Å². The van der Waals surface area contributed by atoms with Gasteiger partial charge in [0, 0.05) is 18.0 Å². The predicted octanol–water partition coefficient (Wildman–Crippen LogP) is 2.33. The minimum absolute atomic E-state index is 0.717. The van der Waals surface area contributed by atoms with E-state index in [2.05, 4.69) is 27.4 Å². The smallest absolute Gasteiger partial charge is 0.175 e. The van der Waals surface area contributed by atoms with Crippen LogP contribution < -0.4 is 0 Å². The maximum atomic E-state index is 4.28. The molecule has 0 bridgehead atoms. The van der Waals surface area contributed by atoms with Crippen LogP contribution in [0.5, 0.6) is 0 Å². The van der Waals surface area contributed by atoms with E-state index in [1.54, 1.807) is 10.9 Å². The minimum Gasteiger partial charge on any atom is -0.220 e. The van der Waals surface area contributed by atoms with Crippen molar-refractivity contribution in [2.24, 2.45) is 0 Å². The highest BCUT2D eigenvalue weighted by Gasteiger charge is 2.03. The van der Waals surface area contributed by atoms with Gasteiger partial charge in [-0.25, -0.2) is 4.68 Å². The van der Waals surface area contributed by atoms with E-state index in [1.807, 2.05) is 42.7 Å². The summed E-state index contributed by atoms with van der Waals surface area (Å²) in [7, 11) is 0. The SMILES string of the molecule is c1ccc(-c2cnn(-c3cccnn3)c2)cc1. The zero-order chi connectivity index (χ0) is 11.5. The first kappa shape index (κ1) is 9.72. The Morgan fingerprint density at radius 2 is 1.76 bits per heavy atom. The van der Waals surface area contributed by atoms with Gasteiger partial charge >= 0.3 is 0 Å². The highest BCUT2D eigenvalue weighted by atomic mass is 15.3. The Hall–Kier alpha value is -2.49. The second-order valence-electron chi connectivity index (χ2n) is 3.62. The van der Waals surface area contributed by atoms with Crippen molar-refractivity contribution in [3.63, 3.8) is 0 Å². The van der Waals surface area contributed by atoms with Gasteiger partial charge in [-0.2, -0.15) is 10.2 Å². The second kappa shape index (κ2) is 4.17. The Balaban J connectivity index is 1.99. The van der Waals surface area contributed by atoms with Gasteiger partial charge in [-0.1, -0.05) is 30.3 Å². The fourth-order valence-corrected chi connectivity index (χ4v) is 1.64. The van der Waals surface area contributed by atoms with E-state index in [0.29, 0.717) is 0 Å². The van der Waals surface area contributed by atoms with Crippen LogP contribution in [0.3, 0.4) is 0 Å². The number of nitrogens with zero attached hydrogens (tertiary/aromatic N) is 4. The van der Waals surface area contributed by atoms with Crippen molar-refractivity contribution in [1.82, 2.24) is 20.0 Å². The van der Waals surface area contributed by atoms with Crippen LogP contribution in [0.15, 0.2) is 61.1 Å². The molecule has 2 aromatic heterocycles. The molecule has 0 amide bonds. The van der Waals surface area contributed by atoms with E-state index in [9.17, 15) is 0 Å². The van der Waals surface area contributed by atoms with Crippen molar-refractivity contribution >= 4 is 0 Å². The molecule has 4 heteroatoms. The third kappa shape index (κ3) is 1.92. The minimum atomic E-state index is 0.717. The van der Waals surface area contributed by atoms with Crippen LogP contribution in [0.2, 0.25) is 0 Å². The van der Waals surface area contributed by atoms with Gasteiger partial charge in [0.05, 0.1) is 6.20 Å². The fourth-order valence-electron chi connectivity index (χ4n) is 1.64. The number of benzene rings is 1. The number of rotatable bonds is 2. The van der Waals surface area contributed by atoms with Crippen LogP contribution in [-0.4, -0.2) is 20.0 Å². The Bertz CT molecular complexity index is 548. The highest BCUT2D eigenvalue weighted by molar-refractivity contribution is 5.61. The fraction of sp³-hybridized carbons (Fsp3) is 0. The predicted molar refractivity (Wildman–Crippen MR) is 64.6 cm³/mol. The van der Waals surface area contributed by atoms with Crippen LogP contribution in [0.1, 0.15) is 0 Å². The molecule has 0 fully saturated rings. The quantitative estimate of drug-likeness (QED) is 0.668. The molecule has 0 N–H and O–H groups in total. The summed E-state index contributed by atoms with van der Waals surface area (Å²) in [6.45, 7) is 0. The average molecular weight is 222 g/mol. The van der Waals surface area contributed by atoms with E-state index in [1.165, 1.54) is 0 Å². The molecule has 3 aromatic rings. The van der Waals surface area contributed by atoms with Crippen LogP contribution in [0, 0.1) is 0 Å². The van der Waals surface area contributed by atoms with Crippen LogP contribution in [-0.2, 0) is 0 Å². The van der Waals surface area contributed by atoms with Gasteiger partial charge in [-0.15, -0.1) is 5.10 Å². The summed E-state index contributed by atoms with van der Waals surface area (Å²) in [6, 6.07) is 13.8. The molecule has 0 aliphatic rings. The second-order valence-corrected chi connectivity index (χ2v) is 3.62. The van der Waals surface area contributed by atoms with E-state index < -0.39 is 0 Å². The van der Waals surface area contributed by atoms with Gasteiger partial charge in [0.2, 0.25) is 0 Å². The van der Waals surface area contributed by atoms with Crippen molar-refractivity contribution < 1.29 is 0 Å². The topological polar surface area (TPSA) is 43.6 Å². The summed E-state index contributed by atoms with van der Waals surface area (Å²) in [5, 5.41) is 12.1. The molecule has 17 heavy (non-hydrogen) atoms. The van der Waals surface area contributed by atoms with Gasteiger partial charge in [-0.3, -0.25) is 0 Å². The Morgan fingerprint density at radius 1 is 0.882 bits per heavy atom. The molecule has 82 valence electrons. The molecule has 3 rings (SSSR count). The first-order valence-electron chi connectivity index (χ1n) is 5.32. The molecule has 2 heterocycles. The summed E-state index contributed by atoms with van der Waals surface area (Å²) >= 11 is 0. The lowest BCUT2D eigenvalue weighted by Gasteiger charge is -1.97. The van der Waals surface area contributed by atoms with Gasteiger partial charge in [0.1, 0.15) is 0 Å². The zero-order valence-corrected chi connectivity index (χ0v) is 9.06. The lowest BCUT2D eigenvalue weighted by atomic mass is 10.1. The summed E-state index contributed by atoms with van der Waals surface area (Å²) < 4.78 is 1.72. The van der Waals surface area contributed by atoms with E-state index in [0.717, 1.165) is 16.9 Å². The van der Waals surface area contributed by atoms with E-state index >= 15 is 0 Å². The molecule has 0 atom stereocenters. The largest absolute Gasteiger partial charge is 0.220 e. The molecule has 0 unspecified atom stereocenters. The Kier molecular flexibility index (Phi) is 2.38. The molecule has 0 saturated heterocycles. The third-order valence-electron chi connectivity index (χ3n) is 2.48. The molecule has 0 spiro atoms.